The van der Waals surface area contributed by atoms with Gasteiger partial charge in [-0.15, -0.1) is 0 Å². The molecule has 0 amide bonds. The summed E-state index contributed by atoms with van der Waals surface area (Å²) in [5.74, 6) is 1.31. The molecular formula is C18H18N2O. The van der Waals surface area contributed by atoms with Crippen LogP contribution in [-0.4, -0.2) is 5.16 Å². The smallest absolute Gasteiger partial charge is 0.175 e. The highest BCUT2D eigenvalue weighted by atomic mass is 16.5. The summed E-state index contributed by atoms with van der Waals surface area (Å²) in [6.45, 7) is 2.07. The van der Waals surface area contributed by atoms with Gasteiger partial charge in [0.05, 0.1) is 5.56 Å². The normalized spacial score (nSPS) is 10.7. The molecule has 0 spiro atoms. The largest absolute Gasteiger partial charge is 0.380 e. The molecule has 0 bridgehead atoms. The Bertz CT molecular complexity index is 732. The number of aromatic nitrogens is 1. The van der Waals surface area contributed by atoms with Gasteiger partial charge in [0, 0.05) is 6.42 Å². The Balaban J connectivity index is 1.87. The minimum atomic E-state index is 0.462. The van der Waals surface area contributed by atoms with Gasteiger partial charge in [-0.05, 0) is 24.5 Å². The second-order valence-electron chi connectivity index (χ2n) is 5.22. The molecule has 2 aromatic carbocycles. The van der Waals surface area contributed by atoms with Crippen molar-refractivity contribution in [1.29, 1.82) is 0 Å². The summed E-state index contributed by atoms with van der Waals surface area (Å²) in [5, 5.41) is 3.94. The van der Waals surface area contributed by atoms with Crippen LogP contribution in [0.4, 0.5) is 5.82 Å². The highest BCUT2D eigenvalue weighted by Crippen LogP contribution is 2.30. The molecular weight excluding hydrogens is 260 g/mol. The van der Waals surface area contributed by atoms with Crippen LogP contribution in [0.25, 0.3) is 11.1 Å². The molecule has 1 aromatic heterocycles. The van der Waals surface area contributed by atoms with Gasteiger partial charge in [0.25, 0.3) is 0 Å². The average Bonchev–Trinajstić information content (AvgIpc) is 2.87. The van der Waals surface area contributed by atoms with E-state index < -0.39 is 0 Å². The van der Waals surface area contributed by atoms with Gasteiger partial charge in [-0.1, -0.05) is 65.3 Å². The van der Waals surface area contributed by atoms with Crippen molar-refractivity contribution in [2.24, 2.45) is 0 Å². The van der Waals surface area contributed by atoms with E-state index in [0.717, 1.165) is 29.7 Å². The fourth-order valence-corrected chi connectivity index (χ4v) is 2.52. The van der Waals surface area contributed by atoms with Crippen LogP contribution in [-0.2, 0) is 12.8 Å². The monoisotopic (exact) mass is 278 g/mol. The van der Waals surface area contributed by atoms with E-state index >= 15 is 0 Å². The van der Waals surface area contributed by atoms with Gasteiger partial charge in [-0.2, -0.15) is 0 Å². The van der Waals surface area contributed by atoms with E-state index in [1.165, 1.54) is 11.1 Å². The van der Waals surface area contributed by atoms with Crippen LogP contribution in [0.15, 0.2) is 59.1 Å². The maximum absolute atomic E-state index is 5.99. The van der Waals surface area contributed by atoms with Crippen LogP contribution in [0.3, 0.4) is 0 Å². The van der Waals surface area contributed by atoms with Crippen LogP contribution < -0.4 is 5.73 Å². The number of rotatable bonds is 4. The van der Waals surface area contributed by atoms with Gasteiger partial charge in [-0.3, -0.25) is 0 Å². The molecule has 0 saturated carbocycles. The molecule has 1 heterocycles. The van der Waals surface area contributed by atoms with Crippen molar-refractivity contribution >= 4 is 5.82 Å². The predicted octanol–water partition coefficient (Wildman–Crippen LogP) is 4.02. The van der Waals surface area contributed by atoms with E-state index in [9.17, 15) is 0 Å². The standard InChI is InChI=1S/C18H18N2O/c1-13-6-5-9-15(12-13)17-16(21-20-18(17)19)11-10-14-7-3-2-4-8-14/h2-9,12H,10-11H2,1H3,(H2,19,20). The number of nitrogens with zero attached hydrogens (tertiary/aromatic N) is 1. The summed E-state index contributed by atoms with van der Waals surface area (Å²) >= 11 is 0. The van der Waals surface area contributed by atoms with Crippen molar-refractivity contribution in [3.05, 3.63) is 71.5 Å². The number of hydrogen-bond acceptors (Lipinski definition) is 3. The first kappa shape index (κ1) is 13.4. The molecule has 0 aliphatic carbocycles. The van der Waals surface area contributed by atoms with Gasteiger partial charge >= 0.3 is 0 Å². The number of benzene rings is 2. The number of nitrogen functional groups attached to an aromatic ring is 1. The Morgan fingerprint density at radius 2 is 1.81 bits per heavy atom. The lowest BCUT2D eigenvalue weighted by Gasteiger charge is -2.04. The molecule has 0 radical (unpaired) electrons. The van der Waals surface area contributed by atoms with Crippen molar-refractivity contribution in [3.63, 3.8) is 0 Å². The molecule has 0 aliphatic heterocycles. The van der Waals surface area contributed by atoms with E-state index in [1.807, 2.05) is 30.3 Å². The van der Waals surface area contributed by atoms with Crippen molar-refractivity contribution < 1.29 is 4.52 Å². The zero-order valence-electron chi connectivity index (χ0n) is 12.0. The van der Waals surface area contributed by atoms with Gasteiger partial charge in [0.15, 0.2) is 5.82 Å². The topological polar surface area (TPSA) is 52.0 Å². The van der Waals surface area contributed by atoms with Crippen molar-refractivity contribution in [1.82, 2.24) is 5.16 Å². The zero-order valence-corrected chi connectivity index (χ0v) is 12.0. The SMILES string of the molecule is Cc1cccc(-c2c(N)noc2CCc2ccccc2)c1. The lowest BCUT2D eigenvalue weighted by molar-refractivity contribution is 0.386. The number of nitrogens with two attached hydrogens (primary N) is 1. The van der Waals surface area contributed by atoms with E-state index in [0.29, 0.717) is 5.82 Å². The van der Waals surface area contributed by atoms with E-state index in [-0.39, 0.29) is 0 Å². The predicted molar refractivity (Wildman–Crippen MR) is 84.9 cm³/mol. The van der Waals surface area contributed by atoms with Crippen molar-refractivity contribution in [3.8, 4) is 11.1 Å². The Morgan fingerprint density at radius 1 is 1.00 bits per heavy atom. The Morgan fingerprint density at radius 3 is 2.57 bits per heavy atom. The summed E-state index contributed by atoms with van der Waals surface area (Å²) in [6.07, 6.45) is 1.70. The van der Waals surface area contributed by atoms with Crippen LogP contribution in [0.1, 0.15) is 16.9 Å². The summed E-state index contributed by atoms with van der Waals surface area (Å²) in [6, 6.07) is 18.6. The van der Waals surface area contributed by atoms with Crippen LogP contribution in [0.5, 0.6) is 0 Å². The molecule has 0 atom stereocenters. The number of hydrogen-bond donors (Lipinski definition) is 1. The Labute approximate surface area is 124 Å². The van der Waals surface area contributed by atoms with Gasteiger partial charge in [0.1, 0.15) is 5.76 Å². The summed E-state index contributed by atoms with van der Waals surface area (Å²) in [4.78, 5) is 0. The van der Waals surface area contributed by atoms with Gasteiger partial charge < -0.3 is 10.3 Å². The highest BCUT2D eigenvalue weighted by Gasteiger charge is 2.15. The van der Waals surface area contributed by atoms with Gasteiger partial charge in [0.2, 0.25) is 0 Å². The maximum Gasteiger partial charge on any atom is 0.175 e. The first-order valence-corrected chi connectivity index (χ1v) is 7.09. The Kier molecular flexibility index (Phi) is 3.73. The van der Waals surface area contributed by atoms with E-state index in [2.05, 4.69) is 36.3 Å². The molecule has 0 fully saturated rings. The molecule has 2 N–H and O–H groups in total. The third-order valence-electron chi connectivity index (χ3n) is 3.58. The van der Waals surface area contributed by atoms with Crippen molar-refractivity contribution in [2.75, 3.05) is 5.73 Å². The van der Waals surface area contributed by atoms with Crippen LogP contribution in [0, 0.1) is 6.92 Å². The molecule has 0 saturated heterocycles. The molecule has 3 aromatic rings. The first-order chi connectivity index (χ1) is 10.2. The molecule has 106 valence electrons. The van der Waals surface area contributed by atoms with E-state index in [1.54, 1.807) is 0 Å². The van der Waals surface area contributed by atoms with Crippen molar-refractivity contribution in [2.45, 2.75) is 19.8 Å². The summed E-state index contributed by atoms with van der Waals surface area (Å²) in [7, 11) is 0. The highest BCUT2D eigenvalue weighted by molar-refractivity contribution is 5.75. The Hall–Kier alpha value is -2.55. The minimum absolute atomic E-state index is 0.462. The molecule has 21 heavy (non-hydrogen) atoms. The first-order valence-electron chi connectivity index (χ1n) is 7.09. The summed E-state index contributed by atoms with van der Waals surface area (Å²) < 4.78 is 5.44. The van der Waals surface area contributed by atoms with E-state index in [4.69, 9.17) is 10.3 Å². The number of aryl methyl sites for hydroxylation is 3. The zero-order chi connectivity index (χ0) is 14.7. The van der Waals surface area contributed by atoms with Crippen LogP contribution in [0.2, 0.25) is 0 Å². The second-order valence-corrected chi connectivity index (χ2v) is 5.22. The average molecular weight is 278 g/mol. The van der Waals surface area contributed by atoms with Crippen LogP contribution >= 0.6 is 0 Å². The summed E-state index contributed by atoms with van der Waals surface area (Å²) in [5.41, 5.74) is 10.5. The molecule has 0 aliphatic rings. The van der Waals surface area contributed by atoms with Gasteiger partial charge in [-0.25, -0.2) is 0 Å². The third kappa shape index (κ3) is 2.97. The maximum atomic E-state index is 5.99. The minimum Gasteiger partial charge on any atom is -0.380 e. The lowest BCUT2D eigenvalue weighted by Crippen LogP contribution is -1.94. The molecule has 3 rings (SSSR count). The molecule has 3 heteroatoms. The molecule has 3 nitrogen and oxygen atoms in total. The fourth-order valence-electron chi connectivity index (χ4n) is 2.52. The molecule has 0 unspecified atom stereocenters. The lowest BCUT2D eigenvalue weighted by atomic mass is 10.00. The number of anilines is 1. The fraction of sp³-hybridized carbons (Fsp3) is 0.167. The quantitative estimate of drug-likeness (QED) is 0.784. The third-order valence-corrected chi connectivity index (χ3v) is 3.58. The second kappa shape index (κ2) is 5.83.